The van der Waals surface area contributed by atoms with Gasteiger partial charge in [-0.15, -0.1) is 0 Å². The molecule has 0 fully saturated rings. The van der Waals surface area contributed by atoms with Gasteiger partial charge < -0.3 is 18.6 Å². The Labute approximate surface area is 96.9 Å². The van der Waals surface area contributed by atoms with Crippen molar-refractivity contribution in [3.05, 3.63) is 0 Å². The molecule has 1 atom stereocenters. The Bertz CT molecular complexity index is 254. The van der Waals surface area contributed by atoms with E-state index in [4.69, 9.17) is 18.5 Å². The highest BCUT2D eigenvalue weighted by atomic mass is 28.4. The second-order valence-corrected chi connectivity index (χ2v) is 6.30. The number of carbonyl (C=O) groups excluding carboxylic acids is 1. The van der Waals surface area contributed by atoms with Gasteiger partial charge in [-0.2, -0.15) is 5.26 Å². The van der Waals surface area contributed by atoms with Crippen LogP contribution in [0.25, 0.3) is 0 Å². The molecule has 0 aliphatic carbocycles. The number of rotatable bonds is 7. The standard InChI is InChI=1S/C9H18N2O4Si/c1-8(11-9(12)5-6-10)7-16(13-2,14-3)15-4/h8H,5,7H2,1-4H3,(H,11,12). The Morgan fingerprint density at radius 3 is 2.25 bits per heavy atom. The molecule has 0 aromatic rings. The largest absolute Gasteiger partial charge is 0.502 e. The first kappa shape index (κ1) is 15.1. The monoisotopic (exact) mass is 246 g/mol. The first-order chi connectivity index (χ1) is 7.53. The average Bonchev–Trinajstić information content (AvgIpc) is 2.26. The fourth-order valence-corrected chi connectivity index (χ4v) is 3.18. The third-order valence-corrected chi connectivity index (χ3v) is 5.11. The summed E-state index contributed by atoms with van der Waals surface area (Å²) < 4.78 is 15.7. The van der Waals surface area contributed by atoms with E-state index in [-0.39, 0.29) is 18.4 Å². The molecule has 7 heteroatoms. The molecule has 6 nitrogen and oxygen atoms in total. The molecule has 0 bridgehead atoms. The zero-order chi connectivity index (χ0) is 12.6. The van der Waals surface area contributed by atoms with Gasteiger partial charge in [0.1, 0.15) is 6.42 Å². The average molecular weight is 246 g/mol. The van der Waals surface area contributed by atoms with E-state index < -0.39 is 8.80 Å². The number of hydrogen-bond donors (Lipinski definition) is 1. The van der Waals surface area contributed by atoms with Crippen molar-refractivity contribution < 1.29 is 18.1 Å². The van der Waals surface area contributed by atoms with Crippen molar-refractivity contribution >= 4 is 14.7 Å². The van der Waals surface area contributed by atoms with Crippen LogP contribution in [0.1, 0.15) is 13.3 Å². The van der Waals surface area contributed by atoms with Crippen molar-refractivity contribution in [2.75, 3.05) is 21.3 Å². The molecule has 92 valence electrons. The summed E-state index contributed by atoms with van der Waals surface area (Å²) in [6, 6.07) is 2.09. The minimum Gasteiger partial charge on any atom is -0.377 e. The molecule has 0 aliphatic heterocycles. The Hall–Kier alpha value is -0.943. The molecule has 0 rings (SSSR count). The molecule has 0 aliphatic rings. The van der Waals surface area contributed by atoms with Crippen LogP contribution in [-0.2, 0) is 18.1 Å². The van der Waals surface area contributed by atoms with Gasteiger partial charge in [0.05, 0.1) is 6.07 Å². The maximum atomic E-state index is 11.2. The van der Waals surface area contributed by atoms with Gasteiger partial charge in [-0.25, -0.2) is 0 Å². The number of nitriles is 1. The normalized spacial score (nSPS) is 12.9. The molecule has 16 heavy (non-hydrogen) atoms. The third kappa shape index (κ3) is 4.72. The Morgan fingerprint density at radius 2 is 1.88 bits per heavy atom. The molecule has 0 aromatic heterocycles. The number of carbonyl (C=O) groups is 1. The van der Waals surface area contributed by atoms with Crippen LogP contribution in [0.4, 0.5) is 0 Å². The van der Waals surface area contributed by atoms with Crippen LogP contribution >= 0.6 is 0 Å². The summed E-state index contributed by atoms with van der Waals surface area (Å²) in [6.45, 7) is 1.81. The smallest absolute Gasteiger partial charge is 0.377 e. The highest BCUT2D eigenvalue weighted by Gasteiger charge is 2.39. The number of nitrogens with one attached hydrogen (secondary N) is 1. The highest BCUT2D eigenvalue weighted by molar-refractivity contribution is 6.60. The van der Waals surface area contributed by atoms with Crippen molar-refractivity contribution in [2.24, 2.45) is 0 Å². The van der Waals surface area contributed by atoms with E-state index in [1.807, 2.05) is 6.92 Å². The van der Waals surface area contributed by atoms with Crippen LogP contribution in [0.2, 0.25) is 6.04 Å². The van der Waals surface area contributed by atoms with Crippen LogP contribution in [-0.4, -0.2) is 42.1 Å². The SMILES string of the molecule is CO[Si](CC(C)NC(=O)CC#N)(OC)OC. The summed E-state index contributed by atoms with van der Waals surface area (Å²) in [6.07, 6.45) is -0.147. The van der Waals surface area contributed by atoms with E-state index in [1.54, 1.807) is 6.07 Å². The van der Waals surface area contributed by atoms with E-state index in [2.05, 4.69) is 5.32 Å². The fraction of sp³-hybridized carbons (Fsp3) is 0.778. The Balaban J connectivity index is 4.26. The van der Waals surface area contributed by atoms with Gasteiger partial charge in [0.25, 0.3) is 0 Å². The number of nitrogens with zero attached hydrogens (tertiary/aromatic N) is 1. The molecular weight excluding hydrogens is 228 g/mol. The summed E-state index contributed by atoms with van der Waals surface area (Å²) >= 11 is 0. The molecular formula is C9H18N2O4Si. The van der Waals surface area contributed by atoms with Crippen molar-refractivity contribution in [1.29, 1.82) is 5.26 Å². The van der Waals surface area contributed by atoms with Crippen molar-refractivity contribution in [1.82, 2.24) is 5.32 Å². The summed E-state index contributed by atoms with van der Waals surface area (Å²) in [4.78, 5) is 11.2. The first-order valence-electron chi connectivity index (χ1n) is 4.85. The van der Waals surface area contributed by atoms with Gasteiger partial charge >= 0.3 is 8.80 Å². The van der Waals surface area contributed by atoms with Crippen molar-refractivity contribution in [3.63, 3.8) is 0 Å². The molecule has 1 N–H and O–H groups in total. The highest BCUT2D eigenvalue weighted by Crippen LogP contribution is 2.14. The molecule has 0 spiro atoms. The number of amides is 1. The topological polar surface area (TPSA) is 80.6 Å². The second-order valence-electron chi connectivity index (χ2n) is 3.30. The Morgan fingerprint density at radius 1 is 1.38 bits per heavy atom. The predicted molar refractivity (Wildman–Crippen MR) is 59.4 cm³/mol. The summed E-state index contributed by atoms with van der Waals surface area (Å²) in [5.41, 5.74) is 0. The first-order valence-corrected chi connectivity index (χ1v) is 6.78. The molecule has 0 radical (unpaired) electrons. The van der Waals surface area contributed by atoms with Gasteiger partial charge in [-0.1, -0.05) is 0 Å². The zero-order valence-corrected chi connectivity index (χ0v) is 11.1. The van der Waals surface area contributed by atoms with Gasteiger partial charge in [0, 0.05) is 33.4 Å². The van der Waals surface area contributed by atoms with Gasteiger partial charge in [-0.05, 0) is 6.92 Å². The molecule has 0 aromatic carbocycles. The molecule has 1 unspecified atom stereocenters. The van der Waals surface area contributed by atoms with Crippen molar-refractivity contribution in [2.45, 2.75) is 25.4 Å². The van der Waals surface area contributed by atoms with E-state index >= 15 is 0 Å². The van der Waals surface area contributed by atoms with E-state index in [0.29, 0.717) is 6.04 Å². The lowest BCUT2D eigenvalue weighted by molar-refractivity contribution is -0.120. The second kappa shape index (κ2) is 7.35. The molecule has 1 amide bonds. The van der Waals surface area contributed by atoms with Crippen molar-refractivity contribution in [3.8, 4) is 6.07 Å². The third-order valence-electron chi connectivity index (χ3n) is 2.14. The fourth-order valence-electron chi connectivity index (χ4n) is 1.32. The van der Waals surface area contributed by atoms with Crippen LogP contribution in [0, 0.1) is 11.3 Å². The maximum absolute atomic E-state index is 11.2. The molecule has 0 saturated carbocycles. The lowest BCUT2D eigenvalue weighted by Gasteiger charge is -2.27. The van der Waals surface area contributed by atoms with Gasteiger partial charge in [0.15, 0.2) is 0 Å². The van der Waals surface area contributed by atoms with Crippen LogP contribution < -0.4 is 5.32 Å². The zero-order valence-electron chi connectivity index (χ0n) is 10.1. The van der Waals surface area contributed by atoms with Gasteiger partial charge in [-0.3, -0.25) is 4.79 Å². The number of hydrogen-bond acceptors (Lipinski definition) is 5. The summed E-state index contributed by atoms with van der Waals surface area (Å²) in [5, 5.41) is 11.0. The van der Waals surface area contributed by atoms with Crippen LogP contribution in [0.5, 0.6) is 0 Å². The van der Waals surface area contributed by atoms with E-state index in [1.165, 1.54) is 21.3 Å². The summed E-state index contributed by atoms with van der Waals surface area (Å²) in [7, 11) is 1.88. The van der Waals surface area contributed by atoms with Crippen LogP contribution in [0.15, 0.2) is 0 Å². The molecule has 0 heterocycles. The minimum atomic E-state index is -2.67. The van der Waals surface area contributed by atoms with E-state index in [9.17, 15) is 4.79 Å². The maximum Gasteiger partial charge on any atom is 0.502 e. The molecule has 0 saturated heterocycles. The Kier molecular flexibility index (Phi) is 6.92. The van der Waals surface area contributed by atoms with Crippen LogP contribution in [0.3, 0.4) is 0 Å². The minimum absolute atomic E-state index is 0.147. The predicted octanol–water partition coefficient (Wildman–Crippen LogP) is 0.283. The lowest BCUT2D eigenvalue weighted by Crippen LogP contribution is -2.48. The quantitative estimate of drug-likeness (QED) is 0.653. The van der Waals surface area contributed by atoms with Gasteiger partial charge in [0.2, 0.25) is 5.91 Å². The summed E-state index contributed by atoms with van der Waals surface area (Å²) in [5.74, 6) is -0.304. The van der Waals surface area contributed by atoms with E-state index in [0.717, 1.165) is 0 Å². The lowest BCUT2D eigenvalue weighted by atomic mass is 10.3.